The van der Waals surface area contributed by atoms with Gasteiger partial charge in [-0.1, -0.05) is 69.4 Å². The fourth-order valence-electron chi connectivity index (χ4n) is 2.56. The van der Waals surface area contributed by atoms with E-state index >= 15 is 0 Å². The van der Waals surface area contributed by atoms with E-state index in [9.17, 15) is 9.59 Å². The third kappa shape index (κ3) is 4.45. The first-order valence-electron chi connectivity index (χ1n) is 8.12. The van der Waals surface area contributed by atoms with Crippen LogP contribution in [0.1, 0.15) is 51.0 Å². The van der Waals surface area contributed by atoms with Crippen molar-refractivity contribution < 1.29 is 9.59 Å². The number of hydrogen-bond acceptors (Lipinski definition) is 2. The number of amides is 2. The maximum absolute atomic E-state index is 11.9. The number of unbranched alkanes of at least 4 members (excludes halogenated alkanes) is 5. The predicted molar refractivity (Wildman–Crippen MR) is 87.7 cm³/mol. The third-order valence-electron chi connectivity index (χ3n) is 3.81. The van der Waals surface area contributed by atoms with Crippen molar-refractivity contribution in [3.63, 3.8) is 0 Å². The van der Waals surface area contributed by atoms with Crippen molar-refractivity contribution in [2.24, 2.45) is 0 Å². The van der Waals surface area contributed by atoms with Crippen LogP contribution < -0.4 is 5.32 Å². The molecule has 1 aromatic rings. The van der Waals surface area contributed by atoms with E-state index < -0.39 is 11.8 Å². The molecule has 4 nitrogen and oxygen atoms in total. The molecule has 0 atom stereocenters. The standard InChI is InChI=1S/C18H24N2O2/c1-2-3-4-5-6-10-13-20-16(19-17(21)18(20)22)14-15-11-8-7-9-12-15/h7-9,11-12,14H,2-6,10,13H2,1H3,(H,19,21). The van der Waals surface area contributed by atoms with Gasteiger partial charge in [0.15, 0.2) is 0 Å². The van der Waals surface area contributed by atoms with Crippen LogP contribution in [0.15, 0.2) is 36.2 Å². The molecule has 1 aliphatic rings. The van der Waals surface area contributed by atoms with Crippen LogP contribution in [-0.4, -0.2) is 23.3 Å². The van der Waals surface area contributed by atoms with Crippen LogP contribution in [-0.2, 0) is 9.59 Å². The lowest BCUT2D eigenvalue weighted by Crippen LogP contribution is -2.27. The molecule has 0 spiro atoms. The molecule has 0 aromatic heterocycles. The van der Waals surface area contributed by atoms with Crippen LogP contribution >= 0.6 is 0 Å². The Hall–Kier alpha value is -2.10. The van der Waals surface area contributed by atoms with Gasteiger partial charge in [0.1, 0.15) is 5.82 Å². The Morgan fingerprint density at radius 1 is 1.00 bits per heavy atom. The second-order valence-corrected chi connectivity index (χ2v) is 5.62. The maximum atomic E-state index is 11.9. The van der Waals surface area contributed by atoms with E-state index in [0.29, 0.717) is 12.4 Å². The highest BCUT2D eigenvalue weighted by molar-refractivity contribution is 6.38. The monoisotopic (exact) mass is 300 g/mol. The molecule has 118 valence electrons. The SMILES string of the molecule is CCCCCCCCN1C(=O)C(=O)NC1=Cc1ccccc1. The van der Waals surface area contributed by atoms with E-state index in [1.54, 1.807) is 4.90 Å². The zero-order valence-electron chi connectivity index (χ0n) is 13.2. The lowest BCUT2D eigenvalue weighted by molar-refractivity contribution is -0.140. The molecule has 4 heteroatoms. The largest absolute Gasteiger partial charge is 0.317 e. The summed E-state index contributed by atoms with van der Waals surface area (Å²) in [6, 6.07) is 9.70. The first-order chi connectivity index (χ1) is 10.7. The Bertz CT molecular complexity index is 537. The number of carbonyl (C=O) groups excluding carboxylic acids is 2. The Labute approximate surface area is 132 Å². The molecule has 0 saturated carbocycles. The van der Waals surface area contributed by atoms with E-state index in [1.165, 1.54) is 25.7 Å². The summed E-state index contributed by atoms with van der Waals surface area (Å²) in [5.74, 6) is -0.390. The maximum Gasteiger partial charge on any atom is 0.317 e. The van der Waals surface area contributed by atoms with E-state index in [0.717, 1.165) is 18.4 Å². The molecule has 2 amide bonds. The second-order valence-electron chi connectivity index (χ2n) is 5.62. The van der Waals surface area contributed by atoms with E-state index in [2.05, 4.69) is 12.2 Å². The molecule has 2 rings (SSSR count). The first-order valence-corrected chi connectivity index (χ1v) is 8.12. The molecule has 1 aromatic carbocycles. The van der Waals surface area contributed by atoms with Gasteiger partial charge < -0.3 is 5.32 Å². The average Bonchev–Trinajstić information content (AvgIpc) is 2.79. The minimum Gasteiger partial charge on any atom is -0.304 e. The van der Waals surface area contributed by atoms with Crippen LogP contribution in [0.25, 0.3) is 6.08 Å². The summed E-state index contributed by atoms with van der Waals surface area (Å²) in [6.07, 6.45) is 8.80. The van der Waals surface area contributed by atoms with Crippen molar-refractivity contribution >= 4 is 17.9 Å². The van der Waals surface area contributed by atoms with Gasteiger partial charge in [0, 0.05) is 6.54 Å². The van der Waals surface area contributed by atoms with Crippen LogP contribution in [0.4, 0.5) is 0 Å². The van der Waals surface area contributed by atoms with Gasteiger partial charge in [-0.3, -0.25) is 14.5 Å². The lowest BCUT2D eigenvalue weighted by atomic mass is 10.1. The zero-order chi connectivity index (χ0) is 15.8. The molecule has 0 bridgehead atoms. The van der Waals surface area contributed by atoms with Crippen molar-refractivity contribution in [1.82, 2.24) is 10.2 Å². The number of hydrogen-bond donors (Lipinski definition) is 1. The number of benzene rings is 1. The Morgan fingerprint density at radius 3 is 2.41 bits per heavy atom. The van der Waals surface area contributed by atoms with Crippen molar-refractivity contribution in [2.45, 2.75) is 45.4 Å². The zero-order valence-corrected chi connectivity index (χ0v) is 13.2. The smallest absolute Gasteiger partial charge is 0.304 e. The van der Waals surface area contributed by atoms with Crippen LogP contribution in [0, 0.1) is 0 Å². The summed E-state index contributed by atoms with van der Waals surface area (Å²) in [5, 5.41) is 2.66. The lowest BCUT2D eigenvalue weighted by Gasteiger charge is -2.15. The summed E-state index contributed by atoms with van der Waals surface area (Å²) in [6.45, 7) is 2.79. The minimum atomic E-state index is -0.534. The van der Waals surface area contributed by atoms with Crippen molar-refractivity contribution in [2.75, 3.05) is 6.54 Å². The van der Waals surface area contributed by atoms with Gasteiger partial charge in [-0.25, -0.2) is 0 Å². The highest BCUT2D eigenvalue weighted by atomic mass is 16.2. The fourth-order valence-corrected chi connectivity index (χ4v) is 2.56. The van der Waals surface area contributed by atoms with Crippen molar-refractivity contribution in [3.8, 4) is 0 Å². The molecule has 1 N–H and O–H groups in total. The molecule has 22 heavy (non-hydrogen) atoms. The van der Waals surface area contributed by atoms with Gasteiger partial charge >= 0.3 is 11.8 Å². The van der Waals surface area contributed by atoms with Gasteiger partial charge in [0.2, 0.25) is 0 Å². The van der Waals surface area contributed by atoms with Crippen LogP contribution in [0.2, 0.25) is 0 Å². The summed E-state index contributed by atoms with van der Waals surface area (Å²) >= 11 is 0. The quantitative estimate of drug-likeness (QED) is 0.591. The number of rotatable bonds is 8. The fraction of sp³-hybridized carbons (Fsp3) is 0.444. The normalized spacial score (nSPS) is 16.4. The first kappa shape index (κ1) is 16.3. The van der Waals surface area contributed by atoms with Gasteiger partial charge in [0.25, 0.3) is 0 Å². The Kier molecular flexibility index (Phi) is 6.19. The highest BCUT2D eigenvalue weighted by Crippen LogP contribution is 2.16. The van der Waals surface area contributed by atoms with Gasteiger partial charge in [-0.15, -0.1) is 0 Å². The second kappa shape index (κ2) is 8.37. The average molecular weight is 300 g/mol. The molecule has 1 fully saturated rings. The van der Waals surface area contributed by atoms with E-state index in [1.807, 2.05) is 36.4 Å². The molecule has 0 aliphatic carbocycles. The molecule has 0 unspecified atom stereocenters. The van der Waals surface area contributed by atoms with Crippen LogP contribution in [0.3, 0.4) is 0 Å². The van der Waals surface area contributed by atoms with Gasteiger partial charge in [-0.2, -0.15) is 0 Å². The molecular weight excluding hydrogens is 276 g/mol. The molecule has 1 heterocycles. The van der Waals surface area contributed by atoms with Crippen LogP contribution in [0.5, 0.6) is 0 Å². The topological polar surface area (TPSA) is 49.4 Å². The summed E-state index contributed by atoms with van der Waals surface area (Å²) in [7, 11) is 0. The predicted octanol–water partition coefficient (Wildman–Crippen LogP) is 3.30. The Morgan fingerprint density at radius 2 is 1.68 bits per heavy atom. The molecular formula is C18H24N2O2. The molecule has 0 radical (unpaired) electrons. The summed E-state index contributed by atoms with van der Waals surface area (Å²) < 4.78 is 0. The highest BCUT2D eigenvalue weighted by Gasteiger charge is 2.33. The van der Waals surface area contributed by atoms with Gasteiger partial charge in [-0.05, 0) is 18.1 Å². The third-order valence-corrected chi connectivity index (χ3v) is 3.81. The van der Waals surface area contributed by atoms with Gasteiger partial charge in [0.05, 0.1) is 0 Å². The Balaban J connectivity index is 1.93. The number of nitrogens with zero attached hydrogens (tertiary/aromatic N) is 1. The number of nitrogens with one attached hydrogen (secondary N) is 1. The summed E-state index contributed by atoms with van der Waals surface area (Å²) in [5.41, 5.74) is 0.973. The molecule has 1 aliphatic heterocycles. The minimum absolute atomic E-state index is 0.448. The van der Waals surface area contributed by atoms with E-state index in [-0.39, 0.29) is 0 Å². The van der Waals surface area contributed by atoms with E-state index in [4.69, 9.17) is 0 Å². The van der Waals surface area contributed by atoms with Crippen molar-refractivity contribution in [1.29, 1.82) is 0 Å². The molecule has 1 saturated heterocycles. The number of carbonyl (C=O) groups is 2. The summed E-state index contributed by atoms with van der Waals surface area (Å²) in [4.78, 5) is 25.1. The van der Waals surface area contributed by atoms with Crippen molar-refractivity contribution in [3.05, 3.63) is 41.7 Å².